The third-order valence-corrected chi connectivity index (χ3v) is 6.89. The van der Waals surface area contributed by atoms with Crippen LogP contribution in [0.4, 0.5) is 0 Å². The van der Waals surface area contributed by atoms with Crippen LogP contribution in [0.5, 0.6) is 0 Å². The summed E-state index contributed by atoms with van der Waals surface area (Å²) >= 11 is 0. The van der Waals surface area contributed by atoms with Crippen molar-refractivity contribution >= 4 is 16.0 Å². The fourth-order valence-corrected chi connectivity index (χ4v) is 5.14. The zero-order chi connectivity index (χ0) is 23.1. The lowest BCUT2D eigenvalue weighted by Gasteiger charge is -2.37. The topological polar surface area (TPSA) is 83.5 Å². The summed E-state index contributed by atoms with van der Waals surface area (Å²) in [6, 6.07) is 8.42. The van der Waals surface area contributed by atoms with Crippen molar-refractivity contribution in [3.05, 3.63) is 89.1 Å². The normalized spacial score (nSPS) is 21.3. The van der Waals surface area contributed by atoms with Gasteiger partial charge < -0.3 is 5.11 Å². The molecule has 0 amide bonds. The molecule has 2 rings (SSSR count). The standard InChI is InChI=1S/C25H31NO4S/c1-19(10-8-11-20(2)18-24(27)28)15-16-23-21(3)12-9-17-25(23,4)26-31(29,30)22-13-6-5-7-14-22/h5-8,10-11,13-16,18,26H,9,12,17H2,1-4H3,(H,27,28)/b11-8+,16-15+,19-10+,20-18+/t25-/m0/s1. The van der Waals surface area contributed by atoms with E-state index in [4.69, 9.17) is 5.11 Å². The van der Waals surface area contributed by atoms with E-state index in [0.717, 1.165) is 36.5 Å². The maximum Gasteiger partial charge on any atom is 0.328 e. The van der Waals surface area contributed by atoms with Gasteiger partial charge in [0, 0.05) is 6.08 Å². The molecule has 5 nitrogen and oxygen atoms in total. The van der Waals surface area contributed by atoms with Gasteiger partial charge in [0.15, 0.2) is 0 Å². The van der Waals surface area contributed by atoms with Gasteiger partial charge in [-0.05, 0) is 70.2 Å². The minimum Gasteiger partial charge on any atom is -0.478 e. The van der Waals surface area contributed by atoms with Crippen LogP contribution in [-0.2, 0) is 14.8 Å². The first-order chi connectivity index (χ1) is 14.5. The van der Waals surface area contributed by atoms with Gasteiger partial charge in [0.25, 0.3) is 0 Å². The van der Waals surface area contributed by atoms with Crippen molar-refractivity contribution in [1.29, 1.82) is 0 Å². The second-order valence-corrected chi connectivity index (χ2v) is 9.81. The molecule has 0 heterocycles. The molecule has 6 heteroatoms. The van der Waals surface area contributed by atoms with Crippen molar-refractivity contribution < 1.29 is 18.3 Å². The molecule has 0 spiro atoms. The fraction of sp³-hybridized carbons (Fsp3) is 0.320. The van der Waals surface area contributed by atoms with Gasteiger partial charge in [-0.2, -0.15) is 0 Å². The van der Waals surface area contributed by atoms with E-state index in [9.17, 15) is 13.2 Å². The van der Waals surface area contributed by atoms with Crippen LogP contribution in [-0.4, -0.2) is 25.0 Å². The molecule has 0 saturated carbocycles. The van der Waals surface area contributed by atoms with E-state index in [1.807, 2.05) is 39.0 Å². The molecule has 1 aromatic rings. The average molecular weight is 442 g/mol. The first-order valence-electron chi connectivity index (χ1n) is 10.3. The molecule has 0 aromatic heterocycles. The molecule has 0 unspecified atom stereocenters. The van der Waals surface area contributed by atoms with Crippen molar-refractivity contribution in [2.24, 2.45) is 0 Å². The Bertz CT molecular complexity index is 1060. The van der Waals surface area contributed by atoms with E-state index in [2.05, 4.69) is 4.72 Å². The third-order valence-electron chi connectivity index (χ3n) is 5.28. The van der Waals surface area contributed by atoms with E-state index in [0.29, 0.717) is 5.57 Å². The highest BCUT2D eigenvalue weighted by Gasteiger charge is 2.36. The Morgan fingerprint density at radius 3 is 2.45 bits per heavy atom. The number of carboxylic acid groups (broad SMARTS) is 1. The maximum absolute atomic E-state index is 13.0. The van der Waals surface area contributed by atoms with Crippen molar-refractivity contribution in [3.63, 3.8) is 0 Å². The van der Waals surface area contributed by atoms with Gasteiger partial charge in [0.05, 0.1) is 10.4 Å². The zero-order valence-electron chi connectivity index (χ0n) is 18.6. The Labute approximate surface area is 185 Å². The molecule has 1 atom stereocenters. The first kappa shape index (κ1) is 24.6. The van der Waals surface area contributed by atoms with Crippen molar-refractivity contribution in [1.82, 2.24) is 4.72 Å². The molecule has 0 fully saturated rings. The SMILES string of the molecule is CC1=C(/C=C/C(C)=C/C=C/C(C)=C/C(=O)O)[C@@](C)(NS(=O)(=O)c2ccccc2)CCC1. The predicted octanol–water partition coefficient (Wildman–Crippen LogP) is 5.31. The number of hydrogen-bond acceptors (Lipinski definition) is 3. The highest BCUT2D eigenvalue weighted by Crippen LogP contribution is 2.35. The zero-order valence-corrected chi connectivity index (χ0v) is 19.4. The van der Waals surface area contributed by atoms with E-state index >= 15 is 0 Å². The Balaban J connectivity index is 2.25. The molecule has 0 bridgehead atoms. The van der Waals surface area contributed by atoms with Crippen LogP contribution >= 0.6 is 0 Å². The summed E-state index contributed by atoms with van der Waals surface area (Å²) in [7, 11) is -3.64. The monoisotopic (exact) mass is 441 g/mol. The molecule has 1 aliphatic carbocycles. The molecule has 2 N–H and O–H groups in total. The van der Waals surface area contributed by atoms with Gasteiger partial charge in [-0.25, -0.2) is 17.9 Å². The van der Waals surface area contributed by atoms with Crippen LogP contribution in [0.2, 0.25) is 0 Å². The summed E-state index contributed by atoms with van der Waals surface area (Å²) in [6.07, 6.45) is 13.1. The molecule has 0 aliphatic heterocycles. The Morgan fingerprint density at radius 1 is 1.13 bits per heavy atom. The van der Waals surface area contributed by atoms with Gasteiger partial charge in [0.2, 0.25) is 10.0 Å². The van der Waals surface area contributed by atoms with E-state index in [1.165, 1.54) is 5.57 Å². The van der Waals surface area contributed by atoms with Crippen LogP contribution in [0.15, 0.2) is 94.0 Å². The van der Waals surface area contributed by atoms with Crippen molar-refractivity contribution in [2.45, 2.75) is 57.4 Å². The van der Waals surface area contributed by atoms with Gasteiger partial charge in [-0.15, -0.1) is 0 Å². The molecule has 1 aromatic carbocycles. The van der Waals surface area contributed by atoms with Gasteiger partial charge in [-0.3, -0.25) is 0 Å². The number of hydrogen-bond donors (Lipinski definition) is 2. The second-order valence-electron chi connectivity index (χ2n) is 8.13. The Morgan fingerprint density at radius 2 is 1.81 bits per heavy atom. The summed E-state index contributed by atoms with van der Waals surface area (Å²) in [6.45, 7) is 7.66. The average Bonchev–Trinajstić information content (AvgIpc) is 2.67. The number of benzene rings is 1. The number of aliphatic carboxylic acids is 1. The lowest BCUT2D eigenvalue weighted by atomic mass is 9.78. The lowest BCUT2D eigenvalue weighted by Crippen LogP contribution is -2.48. The molecule has 0 radical (unpaired) electrons. The first-order valence-corrected chi connectivity index (χ1v) is 11.8. The number of sulfonamides is 1. The highest BCUT2D eigenvalue weighted by atomic mass is 32.2. The van der Waals surface area contributed by atoms with E-state index < -0.39 is 21.5 Å². The molecular weight excluding hydrogens is 410 g/mol. The second kappa shape index (κ2) is 10.6. The fourth-order valence-electron chi connectivity index (χ4n) is 3.70. The Hall–Kier alpha value is -2.70. The smallest absolute Gasteiger partial charge is 0.328 e. The highest BCUT2D eigenvalue weighted by molar-refractivity contribution is 7.89. The molecule has 0 saturated heterocycles. The van der Waals surface area contributed by atoms with Crippen LogP contribution in [0.1, 0.15) is 47.0 Å². The van der Waals surface area contributed by atoms with Crippen LogP contribution in [0, 0.1) is 0 Å². The third kappa shape index (κ3) is 7.19. The molecule has 31 heavy (non-hydrogen) atoms. The largest absolute Gasteiger partial charge is 0.478 e. The predicted molar refractivity (Wildman–Crippen MR) is 125 cm³/mol. The van der Waals surface area contributed by atoms with Gasteiger partial charge in [0.1, 0.15) is 0 Å². The van der Waals surface area contributed by atoms with Crippen LogP contribution < -0.4 is 4.72 Å². The summed E-state index contributed by atoms with van der Waals surface area (Å²) < 4.78 is 28.8. The number of rotatable bonds is 8. The van der Waals surface area contributed by atoms with E-state index in [1.54, 1.807) is 49.4 Å². The Kier molecular flexibility index (Phi) is 8.36. The van der Waals surface area contributed by atoms with Crippen molar-refractivity contribution in [2.75, 3.05) is 0 Å². The number of carboxylic acids is 1. The summed E-state index contributed by atoms with van der Waals surface area (Å²) in [4.78, 5) is 10.9. The quantitative estimate of drug-likeness (QED) is 0.423. The molecule has 1 aliphatic rings. The van der Waals surface area contributed by atoms with Crippen molar-refractivity contribution in [3.8, 4) is 0 Å². The minimum absolute atomic E-state index is 0.258. The van der Waals surface area contributed by atoms with Crippen LogP contribution in [0.25, 0.3) is 0 Å². The van der Waals surface area contributed by atoms with Gasteiger partial charge in [-0.1, -0.05) is 59.7 Å². The maximum atomic E-state index is 13.0. The van der Waals surface area contributed by atoms with E-state index in [-0.39, 0.29) is 4.90 Å². The number of nitrogens with one attached hydrogen (secondary N) is 1. The summed E-state index contributed by atoms with van der Waals surface area (Å²) in [5.74, 6) is -0.973. The summed E-state index contributed by atoms with van der Waals surface area (Å²) in [5.41, 5.74) is 3.08. The molecular formula is C25H31NO4S. The number of allylic oxidation sites excluding steroid dienone is 7. The summed E-state index contributed by atoms with van der Waals surface area (Å²) in [5, 5.41) is 8.76. The molecule has 166 valence electrons. The van der Waals surface area contributed by atoms with Gasteiger partial charge >= 0.3 is 5.97 Å². The van der Waals surface area contributed by atoms with Crippen LogP contribution in [0.3, 0.4) is 0 Å². The minimum atomic E-state index is -3.64. The lowest BCUT2D eigenvalue weighted by molar-refractivity contribution is -0.131. The number of carbonyl (C=O) groups is 1.